The van der Waals surface area contributed by atoms with Gasteiger partial charge in [-0.2, -0.15) is 21.1 Å². The Morgan fingerprint density at radius 1 is 0.955 bits per heavy atom. The van der Waals surface area contributed by atoms with E-state index >= 15 is 0 Å². The Morgan fingerprint density at radius 3 is 1.59 bits per heavy atom. The number of ether oxygens (including phenoxy) is 1. The molecule has 0 unspecified atom stereocenters. The molecule has 0 aromatic rings. The third-order valence-corrected chi connectivity index (χ3v) is 3.34. The zero-order valence-corrected chi connectivity index (χ0v) is 14.4. The molecule has 0 aliphatic carbocycles. The number of rotatable bonds is 1. The summed E-state index contributed by atoms with van der Waals surface area (Å²) in [6.07, 6.45) is -0.424. The van der Waals surface area contributed by atoms with Crippen molar-refractivity contribution in [3.63, 3.8) is 0 Å². The standard InChI is InChI=1S/C9H19N3O4S.H4N2O2S/c1-9(2,3)16-8(13)11-4-6-12(7-5-11)17(10,14)15;1-5(2,3)4/h4-7H2,1-3H3,(H2,10,14,15);(H4,1,2,3,4). The Balaban J connectivity index is 0.000000763. The lowest BCUT2D eigenvalue weighted by atomic mass is 10.2. The monoisotopic (exact) mass is 361 g/mol. The lowest BCUT2D eigenvalue weighted by molar-refractivity contribution is 0.0192. The largest absolute Gasteiger partial charge is 0.444 e. The Kier molecular flexibility index (Phi) is 7.18. The topological polar surface area (TPSA) is 179 Å². The number of nitrogens with two attached hydrogens (primary N) is 3. The van der Waals surface area contributed by atoms with Gasteiger partial charge in [0.15, 0.2) is 0 Å². The molecule has 22 heavy (non-hydrogen) atoms. The van der Waals surface area contributed by atoms with Crippen LogP contribution in [-0.4, -0.2) is 63.9 Å². The second-order valence-electron chi connectivity index (χ2n) is 5.50. The van der Waals surface area contributed by atoms with E-state index in [1.54, 1.807) is 20.8 Å². The van der Waals surface area contributed by atoms with Crippen LogP contribution >= 0.6 is 0 Å². The fourth-order valence-corrected chi connectivity index (χ4v) is 2.12. The van der Waals surface area contributed by atoms with E-state index in [4.69, 9.17) is 9.88 Å². The molecule has 0 spiro atoms. The molecule has 0 saturated carbocycles. The van der Waals surface area contributed by atoms with E-state index in [0.717, 1.165) is 4.31 Å². The molecule has 11 nitrogen and oxygen atoms in total. The molecule has 132 valence electrons. The molecule has 6 N–H and O–H groups in total. The van der Waals surface area contributed by atoms with Crippen molar-refractivity contribution < 1.29 is 26.4 Å². The van der Waals surface area contributed by atoms with E-state index in [-0.39, 0.29) is 13.1 Å². The molecule has 0 aromatic carbocycles. The van der Waals surface area contributed by atoms with Crippen LogP contribution in [0.2, 0.25) is 0 Å². The maximum atomic E-state index is 11.7. The number of piperazine rings is 1. The molecule has 1 amide bonds. The molecule has 0 radical (unpaired) electrons. The maximum absolute atomic E-state index is 11.7. The lowest BCUT2D eigenvalue weighted by Crippen LogP contribution is -2.53. The van der Waals surface area contributed by atoms with E-state index in [9.17, 15) is 21.6 Å². The van der Waals surface area contributed by atoms with Gasteiger partial charge < -0.3 is 9.64 Å². The van der Waals surface area contributed by atoms with Gasteiger partial charge in [-0.15, -0.1) is 0 Å². The second kappa shape index (κ2) is 7.52. The Morgan fingerprint density at radius 2 is 1.32 bits per heavy atom. The highest BCUT2D eigenvalue weighted by molar-refractivity contribution is 7.87. The molecule has 13 heteroatoms. The average Bonchev–Trinajstić information content (AvgIpc) is 2.23. The first-order valence-electron chi connectivity index (χ1n) is 6.16. The molecule has 1 saturated heterocycles. The van der Waals surface area contributed by atoms with E-state index in [1.165, 1.54) is 4.90 Å². The van der Waals surface area contributed by atoms with Gasteiger partial charge in [0, 0.05) is 26.2 Å². The van der Waals surface area contributed by atoms with Crippen LogP contribution in [-0.2, 0) is 25.2 Å². The van der Waals surface area contributed by atoms with Crippen molar-refractivity contribution in [3.8, 4) is 0 Å². The SMILES string of the molecule is CC(C)(C)OC(=O)N1CCN(S(N)(=O)=O)CC1.NS(N)(=O)=O. The Bertz CT molecular complexity index is 566. The van der Waals surface area contributed by atoms with Crippen molar-refractivity contribution in [1.82, 2.24) is 9.21 Å². The number of hydrogen-bond acceptors (Lipinski definition) is 6. The minimum atomic E-state index is -3.67. The summed E-state index contributed by atoms with van der Waals surface area (Å²) < 4.78 is 46.8. The summed E-state index contributed by atoms with van der Waals surface area (Å²) in [5.74, 6) is 0. The van der Waals surface area contributed by atoms with Gasteiger partial charge in [-0.3, -0.25) is 0 Å². The molecule has 0 bridgehead atoms. The highest BCUT2D eigenvalue weighted by Crippen LogP contribution is 2.12. The summed E-state index contributed by atoms with van der Waals surface area (Å²) in [5.41, 5.74) is -0.547. The van der Waals surface area contributed by atoms with Crippen LogP contribution in [0.5, 0.6) is 0 Å². The fraction of sp³-hybridized carbons (Fsp3) is 0.889. The average molecular weight is 361 g/mol. The Labute approximate surface area is 130 Å². The van der Waals surface area contributed by atoms with Gasteiger partial charge in [0.1, 0.15) is 5.60 Å². The zero-order valence-electron chi connectivity index (χ0n) is 12.7. The number of hydrogen-bond donors (Lipinski definition) is 3. The normalized spacial score (nSPS) is 17.5. The lowest BCUT2D eigenvalue weighted by Gasteiger charge is -2.34. The molecule has 1 heterocycles. The molecule has 1 fully saturated rings. The molecule has 0 aromatic heterocycles. The van der Waals surface area contributed by atoms with Gasteiger partial charge in [-0.25, -0.2) is 20.2 Å². The predicted octanol–water partition coefficient (Wildman–Crippen LogP) is -2.11. The summed E-state index contributed by atoms with van der Waals surface area (Å²) in [6, 6.07) is 0. The molecule has 1 rings (SSSR count). The van der Waals surface area contributed by atoms with E-state index in [2.05, 4.69) is 10.3 Å². The van der Waals surface area contributed by atoms with Gasteiger partial charge >= 0.3 is 6.09 Å². The number of carbonyl (C=O) groups is 1. The molecular weight excluding hydrogens is 338 g/mol. The van der Waals surface area contributed by atoms with E-state index < -0.39 is 32.1 Å². The van der Waals surface area contributed by atoms with Crippen LogP contribution in [0.3, 0.4) is 0 Å². The highest BCUT2D eigenvalue weighted by Gasteiger charge is 2.29. The van der Waals surface area contributed by atoms with Crippen LogP contribution in [0.4, 0.5) is 4.79 Å². The number of nitrogens with zero attached hydrogens (tertiary/aromatic N) is 2. The third kappa shape index (κ3) is 10.7. The second-order valence-corrected chi connectivity index (χ2v) is 8.22. The van der Waals surface area contributed by atoms with Crippen LogP contribution in [0.15, 0.2) is 0 Å². The van der Waals surface area contributed by atoms with Gasteiger partial charge in [0.05, 0.1) is 0 Å². The van der Waals surface area contributed by atoms with Gasteiger partial charge in [-0.1, -0.05) is 0 Å². The summed E-state index contributed by atoms with van der Waals surface area (Å²) in [4.78, 5) is 13.2. The quantitative estimate of drug-likeness (QED) is 0.480. The number of amides is 1. The molecular formula is C9H23N5O6S2. The molecule has 1 aliphatic rings. The number of carbonyl (C=O) groups excluding carboxylic acids is 1. The summed E-state index contributed by atoms with van der Waals surface area (Å²) >= 11 is 0. The van der Waals surface area contributed by atoms with Crippen molar-refractivity contribution >= 4 is 26.5 Å². The summed E-state index contributed by atoms with van der Waals surface area (Å²) in [5, 5.41) is 13.2. The molecule has 1 aliphatic heterocycles. The van der Waals surface area contributed by atoms with Crippen molar-refractivity contribution in [2.45, 2.75) is 26.4 Å². The highest BCUT2D eigenvalue weighted by atomic mass is 32.2. The van der Waals surface area contributed by atoms with Crippen LogP contribution in [0.1, 0.15) is 20.8 Å². The smallest absolute Gasteiger partial charge is 0.410 e. The van der Waals surface area contributed by atoms with Crippen molar-refractivity contribution in [3.05, 3.63) is 0 Å². The van der Waals surface area contributed by atoms with Gasteiger partial charge in [0.25, 0.3) is 20.4 Å². The summed E-state index contributed by atoms with van der Waals surface area (Å²) in [7, 11) is -7.32. The maximum Gasteiger partial charge on any atom is 0.410 e. The minimum Gasteiger partial charge on any atom is -0.444 e. The Hall–Kier alpha value is -0.990. The first-order chi connectivity index (χ1) is 9.59. The van der Waals surface area contributed by atoms with Crippen molar-refractivity contribution in [2.24, 2.45) is 15.4 Å². The zero-order chi connectivity index (χ0) is 17.8. The first-order valence-corrected chi connectivity index (χ1v) is 9.27. The molecule has 0 atom stereocenters. The van der Waals surface area contributed by atoms with Crippen LogP contribution < -0.4 is 15.4 Å². The van der Waals surface area contributed by atoms with Crippen molar-refractivity contribution in [1.29, 1.82) is 0 Å². The van der Waals surface area contributed by atoms with Crippen molar-refractivity contribution in [2.75, 3.05) is 26.2 Å². The predicted molar refractivity (Wildman–Crippen MR) is 79.8 cm³/mol. The first kappa shape index (κ1) is 21.0. The van der Waals surface area contributed by atoms with E-state index in [1.807, 2.05) is 0 Å². The summed E-state index contributed by atoms with van der Waals surface area (Å²) in [6.45, 7) is 6.36. The van der Waals surface area contributed by atoms with Gasteiger partial charge in [0.2, 0.25) is 0 Å². The minimum absolute atomic E-state index is 0.206. The fourth-order valence-electron chi connectivity index (χ4n) is 1.45. The van der Waals surface area contributed by atoms with Crippen LogP contribution in [0.25, 0.3) is 0 Å². The van der Waals surface area contributed by atoms with Crippen LogP contribution in [0, 0.1) is 0 Å². The van der Waals surface area contributed by atoms with E-state index in [0.29, 0.717) is 13.1 Å². The third-order valence-electron chi connectivity index (χ3n) is 2.25. The van der Waals surface area contributed by atoms with Gasteiger partial charge in [-0.05, 0) is 20.8 Å².